The zero-order chi connectivity index (χ0) is 17.7. The number of benzene rings is 1. The number of carbonyl (C=O) groups is 2. The molecule has 0 fully saturated rings. The smallest absolute Gasteiger partial charge is 0.279 e. The van der Waals surface area contributed by atoms with Crippen LogP contribution in [0.15, 0.2) is 24.3 Å². The molecule has 5 nitrogen and oxygen atoms in total. The Hall–Kier alpha value is -2.34. The molecule has 2 N–H and O–H groups in total. The second-order valence-corrected chi connectivity index (χ2v) is 6.77. The van der Waals surface area contributed by atoms with E-state index in [9.17, 15) is 9.59 Å². The van der Waals surface area contributed by atoms with Crippen LogP contribution < -0.4 is 15.6 Å². The van der Waals surface area contributed by atoms with Gasteiger partial charge in [-0.25, -0.2) is 0 Å². The average Bonchev–Trinajstić information content (AvgIpc) is 2.94. The Labute approximate surface area is 146 Å². The van der Waals surface area contributed by atoms with E-state index in [0.29, 0.717) is 10.6 Å². The first-order chi connectivity index (χ1) is 11.4. The van der Waals surface area contributed by atoms with Crippen molar-refractivity contribution in [3.05, 3.63) is 50.7 Å². The molecule has 1 aromatic carbocycles. The summed E-state index contributed by atoms with van der Waals surface area (Å²) >= 11 is 1.44. The molecule has 0 bridgehead atoms. The van der Waals surface area contributed by atoms with Crippen molar-refractivity contribution in [3.8, 4) is 5.75 Å². The second kappa shape index (κ2) is 7.97. The van der Waals surface area contributed by atoms with Crippen LogP contribution in [0.2, 0.25) is 0 Å². The van der Waals surface area contributed by atoms with Gasteiger partial charge in [0.25, 0.3) is 11.8 Å². The maximum Gasteiger partial charge on any atom is 0.279 e. The monoisotopic (exact) mass is 346 g/mol. The molecule has 128 valence electrons. The van der Waals surface area contributed by atoms with Crippen molar-refractivity contribution < 1.29 is 14.3 Å². The first kappa shape index (κ1) is 18.0. The fourth-order valence-corrected chi connectivity index (χ4v) is 3.22. The molecular formula is C18H22N2O3S. The first-order valence-electron chi connectivity index (χ1n) is 7.79. The van der Waals surface area contributed by atoms with Crippen LogP contribution in [0.1, 0.15) is 38.2 Å². The molecule has 0 saturated carbocycles. The standard InChI is InChI=1S/C18H22N2O3S/c1-5-15-13(4)9-16(24-15)18(22)20-19-17(21)10-23-14-8-11(2)6-7-12(14)3/h6-9H,5,10H2,1-4H3,(H,19,21)(H,20,22). The number of hydrogen-bond acceptors (Lipinski definition) is 4. The zero-order valence-electron chi connectivity index (χ0n) is 14.4. The van der Waals surface area contributed by atoms with Gasteiger partial charge in [-0.05, 0) is 56.0 Å². The van der Waals surface area contributed by atoms with Gasteiger partial charge in [0, 0.05) is 4.88 Å². The van der Waals surface area contributed by atoms with Gasteiger partial charge in [-0.2, -0.15) is 0 Å². The van der Waals surface area contributed by atoms with E-state index in [1.54, 1.807) is 0 Å². The fraction of sp³-hybridized carbons (Fsp3) is 0.333. The van der Waals surface area contributed by atoms with Gasteiger partial charge in [0.1, 0.15) is 5.75 Å². The van der Waals surface area contributed by atoms with E-state index in [1.807, 2.05) is 52.0 Å². The Morgan fingerprint density at radius 3 is 2.50 bits per heavy atom. The maximum absolute atomic E-state index is 12.0. The number of nitrogens with one attached hydrogen (secondary N) is 2. The van der Waals surface area contributed by atoms with Crippen LogP contribution in [0, 0.1) is 20.8 Å². The van der Waals surface area contributed by atoms with Crippen molar-refractivity contribution in [3.63, 3.8) is 0 Å². The minimum absolute atomic E-state index is 0.158. The molecule has 2 aromatic rings. The Morgan fingerprint density at radius 1 is 1.08 bits per heavy atom. The predicted molar refractivity (Wildman–Crippen MR) is 95.5 cm³/mol. The van der Waals surface area contributed by atoms with E-state index in [0.717, 1.165) is 23.1 Å². The molecule has 0 saturated heterocycles. The van der Waals surface area contributed by atoms with Gasteiger partial charge in [-0.3, -0.25) is 20.4 Å². The fourth-order valence-electron chi connectivity index (χ4n) is 2.21. The number of thiophene rings is 1. The predicted octanol–water partition coefficient (Wildman–Crippen LogP) is 3.08. The van der Waals surface area contributed by atoms with Gasteiger partial charge < -0.3 is 4.74 Å². The average molecular weight is 346 g/mol. The maximum atomic E-state index is 12.0. The minimum Gasteiger partial charge on any atom is -0.483 e. The van der Waals surface area contributed by atoms with Crippen LogP contribution in [-0.4, -0.2) is 18.4 Å². The lowest BCUT2D eigenvalue weighted by molar-refractivity contribution is -0.123. The SMILES string of the molecule is CCc1sc(C(=O)NNC(=O)COc2cc(C)ccc2C)cc1C. The van der Waals surface area contributed by atoms with Crippen LogP contribution in [-0.2, 0) is 11.2 Å². The van der Waals surface area contributed by atoms with Crippen molar-refractivity contribution in [2.45, 2.75) is 34.1 Å². The number of rotatable bonds is 5. The molecule has 0 aliphatic heterocycles. The molecule has 24 heavy (non-hydrogen) atoms. The van der Waals surface area contributed by atoms with E-state index >= 15 is 0 Å². The molecule has 2 rings (SSSR count). The van der Waals surface area contributed by atoms with Crippen molar-refractivity contribution in [2.24, 2.45) is 0 Å². The highest BCUT2D eigenvalue weighted by atomic mass is 32.1. The summed E-state index contributed by atoms with van der Waals surface area (Å²) < 4.78 is 5.50. The zero-order valence-corrected chi connectivity index (χ0v) is 15.2. The van der Waals surface area contributed by atoms with Crippen LogP contribution in [0.4, 0.5) is 0 Å². The quantitative estimate of drug-likeness (QED) is 0.818. The summed E-state index contributed by atoms with van der Waals surface area (Å²) in [5, 5.41) is 0. The summed E-state index contributed by atoms with van der Waals surface area (Å²) in [6.45, 7) is 7.74. The highest BCUT2D eigenvalue weighted by Crippen LogP contribution is 2.22. The van der Waals surface area contributed by atoms with Crippen molar-refractivity contribution in [2.75, 3.05) is 6.61 Å². The molecule has 6 heteroatoms. The van der Waals surface area contributed by atoms with E-state index in [1.165, 1.54) is 16.2 Å². The molecule has 0 atom stereocenters. The van der Waals surface area contributed by atoms with Crippen molar-refractivity contribution in [1.82, 2.24) is 10.9 Å². The van der Waals surface area contributed by atoms with Gasteiger partial charge in [0.05, 0.1) is 4.88 Å². The third-order valence-electron chi connectivity index (χ3n) is 3.58. The summed E-state index contributed by atoms with van der Waals surface area (Å²) in [4.78, 5) is 25.6. The topological polar surface area (TPSA) is 67.4 Å². The molecule has 1 aromatic heterocycles. The molecule has 0 spiro atoms. The van der Waals surface area contributed by atoms with E-state index in [4.69, 9.17) is 4.74 Å². The normalized spacial score (nSPS) is 10.3. The molecular weight excluding hydrogens is 324 g/mol. The van der Waals surface area contributed by atoms with Gasteiger partial charge in [-0.1, -0.05) is 19.1 Å². The lowest BCUT2D eigenvalue weighted by Gasteiger charge is -2.10. The number of ether oxygens (including phenoxy) is 1. The summed E-state index contributed by atoms with van der Waals surface area (Å²) in [7, 11) is 0. The highest BCUT2D eigenvalue weighted by Gasteiger charge is 2.13. The van der Waals surface area contributed by atoms with Crippen molar-refractivity contribution in [1.29, 1.82) is 0 Å². The molecule has 0 aliphatic rings. The molecule has 0 unspecified atom stereocenters. The number of aryl methyl sites for hydroxylation is 4. The second-order valence-electron chi connectivity index (χ2n) is 5.63. The number of hydrazine groups is 1. The van der Waals surface area contributed by atoms with E-state index < -0.39 is 5.91 Å². The Morgan fingerprint density at radius 2 is 1.83 bits per heavy atom. The van der Waals surface area contributed by atoms with Crippen LogP contribution in [0.3, 0.4) is 0 Å². The summed E-state index contributed by atoms with van der Waals surface area (Å²) in [6, 6.07) is 7.63. The van der Waals surface area contributed by atoms with Crippen molar-refractivity contribution >= 4 is 23.2 Å². The van der Waals surface area contributed by atoms with Crippen LogP contribution in [0.25, 0.3) is 0 Å². The van der Waals surface area contributed by atoms with Gasteiger partial charge in [-0.15, -0.1) is 11.3 Å². The van der Waals surface area contributed by atoms with Crippen LogP contribution >= 0.6 is 11.3 Å². The number of hydrogen-bond donors (Lipinski definition) is 2. The molecule has 1 heterocycles. The largest absolute Gasteiger partial charge is 0.483 e. The van der Waals surface area contributed by atoms with Gasteiger partial charge >= 0.3 is 0 Å². The minimum atomic E-state index is -0.409. The van der Waals surface area contributed by atoms with Gasteiger partial charge in [0.15, 0.2) is 6.61 Å². The highest BCUT2D eigenvalue weighted by molar-refractivity contribution is 7.14. The summed E-state index contributed by atoms with van der Waals surface area (Å²) in [5.41, 5.74) is 7.90. The van der Waals surface area contributed by atoms with Gasteiger partial charge in [0.2, 0.25) is 0 Å². The third kappa shape index (κ3) is 4.58. The Bertz CT molecular complexity index is 753. The lowest BCUT2D eigenvalue weighted by atomic mass is 10.1. The third-order valence-corrected chi connectivity index (χ3v) is 4.96. The van der Waals surface area contributed by atoms with E-state index in [-0.39, 0.29) is 12.5 Å². The summed E-state index contributed by atoms with van der Waals surface area (Å²) in [5.74, 6) is -0.0610. The molecule has 0 aliphatic carbocycles. The first-order valence-corrected chi connectivity index (χ1v) is 8.61. The molecule has 2 amide bonds. The Kier molecular flexibility index (Phi) is 5.98. The molecule has 0 radical (unpaired) electrons. The van der Waals surface area contributed by atoms with Crippen LogP contribution in [0.5, 0.6) is 5.75 Å². The Balaban J connectivity index is 1.84. The lowest BCUT2D eigenvalue weighted by Crippen LogP contribution is -2.43. The van der Waals surface area contributed by atoms with E-state index in [2.05, 4.69) is 10.9 Å². The summed E-state index contributed by atoms with van der Waals surface area (Å²) in [6.07, 6.45) is 0.889. The number of amides is 2. The number of carbonyl (C=O) groups excluding carboxylic acids is 2.